The first-order valence-corrected chi connectivity index (χ1v) is 45.5. The van der Waals surface area contributed by atoms with Gasteiger partial charge in [0.05, 0.1) is 11.4 Å². The van der Waals surface area contributed by atoms with Crippen LogP contribution in [0.2, 0.25) is 0 Å². The van der Waals surface area contributed by atoms with Gasteiger partial charge in [0.2, 0.25) is 0 Å². The smallest absolute Gasteiger partial charge is 0.159 e. The third-order valence-electron chi connectivity index (χ3n) is 26.1. The molecule has 9 heteroatoms. The fourth-order valence-electron chi connectivity index (χ4n) is 19.4. The Bertz CT molecular complexity index is 8960. The topological polar surface area (TPSA) is 88.6 Å². The number of hydrogen-bond acceptors (Lipinski definition) is 9. The molecule has 0 spiro atoms. The van der Waals surface area contributed by atoms with Crippen molar-refractivity contribution in [1.29, 1.82) is 0 Å². The highest BCUT2D eigenvalue weighted by Gasteiger charge is 2.25. The molecule has 0 aliphatic carbocycles. The lowest BCUT2D eigenvalue weighted by molar-refractivity contribution is 0.667. The Hall–Kier alpha value is -18.2. The number of hydrogen-bond donors (Lipinski definition) is 0. The maximum absolute atomic E-state index is 6.52. The summed E-state index contributed by atoms with van der Waals surface area (Å²) in [7, 11) is 0. The van der Waals surface area contributed by atoms with E-state index in [9.17, 15) is 0 Å². The predicted molar refractivity (Wildman–Crippen MR) is 560 cm³/mol. The summed E-state index contributed by atoms with van der Waals surface area (Å²) in [4.78, 5) is 6.82. The first-order chi connectivity index (χ1) is 66.9. The normalized spacial score (nSPS) is 11.6. The zero-order valence-electron chi connectivity index (χ0n) is 73.1. The predicted octanol–water partition coefficient (Wildman–Crippen LogP) is 36.9. The minimum absolute atomic E-state index is 0.851. The fraction of sp³-hybridized carbons (Fsp3) is 0. The monoisotopic (exact) mass is 1730 g/mol. The first-order valence-electron chi connectivity index (χ1n) is 45.5. The number of benzene rings is 21. The summed E-state index contributed by atoms with van der Waals surface area (Å²) in [6.45, 7) is 0. The van der Waals surface area contributed by atoms with Crippen molar-refractivity contribution in [3.05, 3.63) is 491 Å². The van der Waals surface area contributed by atoms with Crippen LogP contribution in [0.1, 0.15) is 0 Å². The van der Waals surface area contributed by atoms with Crippen LogP contribution in [0.15, 0.2) is 518 Å². The molecule has 0 fully saturated rings. The van der Waals surface area contributed by atoms with Crippen molar-refractivity contribution in [2.24, 2.45) is 0 Å². The van der Waals surface area contributed by atoms with Crippen molar-refractivity contribution in [3.8, 4) is 66.8 Å². The SMILES string of the molecule is c1ccc(-c2ccc(-c3ccc(N(c4ccc5c(c4)oc4ccccc45)c4ccc5c(c4)oc4ccccc45)cc3)cc2)cc1.c1ccc(-c2ccc(-c3ccc(N(c4ccc5c(c4)oc4ccccc45)c4ccc5oc6ccccc6c5c4)cc3)cc2)cc1.c1ccc(-c2ccc(-c3ccc(N(c4ccc5c(c4)oc4ccccc45)c4cccc5c4oc4ccccc45)cc3)cc2)cc1. The van der Waals surface area contributed by atoms with Gasteiger partial charge in [0.15, 0.2) is 5.58 Å². The average molecular weight is 1730 g/mol. The van der Waals surface area contributed by atoms with Crippen LogP contribution < -0.4 is 14.7 Å². The van der Waals surface area contributed by atoms with E-state index in [2.05, 4.69) is 415 Å². The van der Waals surface area contributed by atoms with Gasteiger partial charge in [-0.3, -0.25) is 0 Å². The maximum Gasteiger partial charge on any atom is 0.159 e. The molecule has 6 aromatic heterocycles. The van der Waals surface area contributed by atoms with E-state index < -0.39 is 0 Å². The molecule has 0 radical (unpaired) electrons. The molecule has 0 aliphatic rings. The van der Waals surface area contributed by atoms with E-state index in [4.69, 9.17) is 26.5 Å². The summed E-state index contributed by atoms with van der Waals surface area (Å²) >= 11 is 0. The quantitative estimate of drug-likeness (QED) is 0.0996. The van der Waals surface area contributed by atoms with Crippen LogP contribution in [0.5, 0.6) is 0 Å². The highest BCUT2D eigenvalue weighted by molar-refractivity contribution is 6.14. The van der Waals surface area contributed by atoms with Crippen molar-refractivity contribution < 1.29 is 26.5 Å². The van der Waals surface area contributed by atoms with Gasteiger partial charge in [-0.05, 0) is 212 Å². The summed E-state index contributed by atoms with van der Waals surface area (Å²) < 4.78 is 37.9. The van der Waals surface area contributed by atoms with Crippen LogP contribution in [-0.4, -0.2) is 0 Å². The molecule has 0 amide bonds. The van der Waals surface area contributed by atoms with Crippen LogP contribution >= 0.6 is 0 Å². The summed E-state index contributed by atoms with van der Waals surface area (Å²) in [6.07, 6.45) is 0. The van der Waals surface area contributed by atoms with Gasteiger partial charge in [-0.2, -0.15) is 0 Å². The Kier molecular flexibility index (Phi) is 19.7. The lowest BCUT2D eigenvalue weighted by atomic mass is 10.00. The molecule has 0 bridgehead atoms. The Morgan fingerprint density at radius 1 is 0.111 bits per heavy atom. The lowest BCUT2D eigenvalue weighted by Crippen LogP contribution is -2.10. The van der Waals surface area contributed by atoms with E-state index in [1.807, 2.05) is 91.0 Å². The van der Waals surface area contributed by atoms with Gasteiger partial charge in [0, 0.05) is 129 Å². The van der Waals surface area contributed by atoms with Gasteiger partial charge >= 0.3 is 0 Å². The van der Waals surface area contributed by atoms with Gasteiger partial charge in [0.1, 0.15) is 61.4 Å². The third kappa shape index (κ3) is 14.8. The molecule has 636 valence electrons. The first kappa shape index (κ1) is 79.0. The van der Waals surface area contributed by atoms with Gasteiger partial charge in [-0.15, -0.1) is 0 Å². The van der Waals surface area contributed by atoms with E-state index in [1.54, 1.807) is 0 Å². The molecule has 6 heterocycles. The van der Waals surface area contributed by atoms with Gasteiger partial charge in [-0.1, -0.05) is 322 Å². The van der Waals surface area contributed by atoms with Crippen molar-refractivity contribution in [2.75, 3.05) is 14.7 Å². The zero-order chi connectivity index (χ0) is 89.2. The highest BCUT2D eigenvalue weighted by atomic mass is 16.3. The minimum atomic E-state index is 0.851. The molecule has 0 aliphatic heterocycles. The third-order valence-corrected chi connectivity index (χ3v) is 26.1. The second-order valence-electron chi connectivity index (χ2n) is 34.1. The number of para-hydroxylation sites is 7. The zero-order valence-corrected chi connectivity index (χ0v) is 73.1. The Morgan fingerprint density at radius 2 is 0.311 bits per heavy atom. The number of anilines is 9. The van der Waals surface area contributed by atoms with Crippen molar-refractivity contribution in [1.82, 2.24) is 0 Å². The second-order valence-corrected chi connectivity index (χ2v) is 34.1. The van der Waals surface area contributed by atoms with E-state index in [1.165, 1.54) is 61.2 Å². The summed E-state index contributed by atoms with van der Waals surface area (Å²) in [5.74, 6) is 0. The van der Waals surface area contributed by atoms with Gasteiger partial charge in [-0.25, -0.2) is 0 Å². The van der Waals surface area contributed by atoms with Gasteiger partial charge in [0.25, 0.3) is 0 Å². The molecule has 27 aromatic rings. The molecule has 27 rings (SSSR count). The Morgan fingerprint density at radius 3 is 0.630 bits per heavy atom. The van der Waals surface area contributed by atoms with Crippen LogP contribution in [0.4, 0.5) is 51.2 Å². The summed E-state index contributed by atoms with van der Waals surface area (Å²) in [5, 5.41) is 13.3. The Balaban J connectivity index is 0.000000108. The molecule has 135 heavy (non-hydrogen) atoms. The maximum atomic E-state index is 6.52. The molecule has 0 N–H and O–H groups in total. The standard InChI is InChI=1S/3C42H27NO2/c1-2-9-28(10-3-1)29-17-19-30(20-18-29)31-21-23-32(24-22-31)43(33-25-26-36-34-11-4-6-15-39(34)44-41(36)27-33)38-14-8-13-37-35-12-5-7-16-40(35)45-42(37)38;1-2-8-28(9-3-1)29-14-16-30(17-15-29)31-18-20-32(21-19-31)43(33-23-25-41-38(26-33)36-11-5-7-13-40(36)44-41)34-22-24-37-35-10-4-6-12-39(35)45-42(37)27-34;1-2-8-28(9-3-1)29-14-16-30(17-15-29)31-18-20-32(21-19-31)43(33-22-24-37-35-10-4-6-12-39(35)44-41(37)26-33)34-23-25-38-36-11-5-7-13-40(36)45-42(38)27-34/h3*1-27H. The second kappa shape index (κ2) is 33.7. The Labute approximate surface area is 776 Å². The van der Waals surface area contributed by atoms with Crippen LogP contribution in [0.3, 0.4) is 0 Å². The number of fused-ring (bicyclic) bond motifs is 18. The minimum Gasteiger partial charge on any atom is -0.456 e. The van der Waals surface area contributed by atoms with Crippen LogP contribution in [0, 0.1) is 0 Å². The molecular formula is C126H81N3O6. The van der Waals surface area contributed by atoms with Crippen LogP contribution in [0.25, 0.3) is 198 Å². The summed E-state index contributed by atoms with van der Waals surface area (Å²) in [6, 6.07) is 172. The van der Waals surface area contributed by atoms with E-state index in [-0.39, 0.29) is 0 Å². The van der Waals surface area contributed by atoms with Gasteiger partial charge < -0.3 is 41.2 Å². The molecule has 0 saturated carbocycles. The van der Waals surface area contributed by atoms with Crippen molar-refractivity contribution in [2.45, 2.75) is 0 Å². The molecular weight excluding hydrogens is 1650 g/mol. The van der Waals surface area contributed by atoms with Crippen molar-refractivity contribution >= 4 is 183 Å². The van der Waals surface area contributed by atoms with Crippen LogP contribution in [-0.2, 0) is 0 Å². The average Bonchev–Trinajstić information content (AvgIpc) is 1.75. The summed E-state index contributed by atoms with van der Waals surface area (Å²) in [5.41, 5.74) is 34.0. The number of furan rings is 6. The molecule has 0 atom stereocenters. The van der Waals surface area contributed by atoms with E-state index in [0.29, 0.717) is 0 Å². The number of rotatable bonds is 15. The fourth-order valence-corrected chi connectivity index (χ4v) is 19.4. The number of nitrogens with zero attached hydrogens (tertiary/aromatic N) is 3. The molecule has 21 aromatic carbocycles. The lowest BCUT2D eigenvalue weighted by Gasteiger charge is -2.25. The van der Waals surface area contributed by atoms with E-state index in [0.717, 1.165) is 188 Å². The molecule has 0 saturated heterocycles. The van der Waals surface area contributed by atoms with E-state index >= 15 is 0 Å². The molecule has 9 nitrogen and oxygen atoms in total. The van der Waals surface area contributed by atoms with Crippen molar-refractivity contribution in [3.63, 3.8) is 0 Å². The molecule has 0 unspecified atom stereocenters. The highest BCUT2D eigenvalue weighted by Crippen LogP contribution is 2.48. The largest absolute Gasteiger partial charge is 0.456 e.